The van der Waals surface area contributed by atoms with E-state index in [1.807, 2.05) is 0 Å². The van der Waals surface area contributed by atoms with Crippen LogP contribution in [-0.4, -0.2) is 5.78 Å². The summed E-state index contributed by atoms with van der Waals surface area (Å²) in [5.74, 6) is -0.181. The maximum absolute atomic E-state index is 13.7. The Hall–Kier alpha value is -3.45. The highest BCUT2D eigenvalue weighted by molar-refractivity contribution is 6.08. The van der Waals surface area contributed by atoms with E-state index in [2.05, 4.69) is 97.1 Å². The Morgan fingerprint density at radius 2 is 1.00 bits per heavy atom. The van der Waals surface area contributed by atoms with Gasteiger partial charge in [-0.3, -0.25) is 4.79 Å². The Morgan fingerprint density at radius 1 is 0.571 bits per heavy atom. The SMILES string of the molecule is O=C(C1C=Cc2cccc3cccc1c23)C1C=Cc2cccc3cccc1c23. The van der Waals surface area contributed by atoms with Crippen LogP contribution in [0.3, 0.4) is 0 Å². The van der Waals surface area contributed by atoms with Gasteiger partial charge in [0.1, 0.15) is 0 Å². The number of ketones is 1. The topological polar surface area (TPSA) is 17.1 Å². The van der Waals surface area contributed by atoms with Crippen LogP contribution in [-0.2, 0) is 4.79 Å². The lowest BCUT2D eigenvalue weighted by molar-refractivity contribution is -0.119. The molecule has 6 rings (SSSR count). The second-order valence-electron chi connectivity index (χ2n) is 7.66. The van der Waals surface area contributed by atoms with Crippen LogP contribution in [0.5, 0.6) is 0 Å². The zero-order chi connectivity index (χ0) is 18.7. The van der Waals surface area contributed by atoms with Crippen LogP contribution in [0.4, 0.5) is 0 Å². The van der Waals surface area contributed by atoms with Crippen LogP contribution in [0.25, 0.3) is 33.7 Å². The van der Waals surface area contributed by atoms with E-state index in [0.717, 1.165) is 11.1 Å². The van der Waals surface area contributed by atoms with Crippen LogP contribution in [0, 0.1) is 0 Å². The summed E-state index contributed by atoms with van der Waals surface area (Å²) in [6, 6.07) is 25.3. The first-order chi connectivity index (χ1) is 13.8. The van der Waals surface area contributed by atoms with Crippen molar-refractivity contribution in [1.29, 1.82) is 0 Å². The second-order valence-corrected chi connectivity index (χ2v) is 7.66. The Morgan fingerprint density at radius 3 is 1.46 bits per heavy atom. The van der Waals surface area contributed by atoms with E-state index in [1.54, 1.807) is 0 Å². The van der Waals surface area contributed by atoms with Gasteiger partial charge >= 0.3 is 0 Å². The van der Waals surface area contributed by atoms with Gasteiger partial charge in [0.2, 0.25) is 0 Å². The normalized spacial score (nSPS) is 19.3. The molecule has 4 aromatic rings. The summed E-state index contributed by atoms with van der Waals surface area (Å²) in [4.78, 5) is 13.7. The smallest absolute Gasteiger partial charge is 0.155 e. The van der Waals surface area contributed by atoms with Gasteiger partial charge in [0.05, 0.1) is 11.8 Å². The van der Waals surface area contributed by atoms with Gasteiger partial charge in [0.25, 0.3) is 0 Å². The molecule has 0 spiro atoms. The predicted molar refractivity (Wildman–Crippen MR) is 116 cm³/mol. The molecule has 0 aliphatic heterocycles. The van der Waals surface area contributed by atoms with Gasteiger partial charge < -0.3 is 0 Å². The summed E-state index contributed by atoms with van der Waals surface area (Å²) in [6.07, 6.45) is 8.37. The molecule has 0 saturated carbocycles. The van der Waals surface area contributed by atoms with Crippen molar-refractivity contribution < 1.29 is 4.79 Å². The maximum Gasteiger partial charge on any atom is 0.155 e. The Balaban J connectivity index is 1.51. The van der Waals surface area contributed by atoms with Crippen LogP contribution in [0.15, 0.2) is 84.9 Å². The summed E-state index contributed by atoms with van der Waals surface area (Å²) < 4.78 is 0. The largest absolute Gasteiger partial charge is 0.298 e. The molecule has 0 heterocycles. The van der Waals surface area contributed by atoms with Gasteiger partial charge in [-0.05, 0) is 43.8 Å². The van der Waals surface area contributed by atoms with Crippen molar-refractivity contribution in [2.75, 3.05) is 0 Å². The molecule has 0 aromatic heterocycles. The summed E-state index contributed by atoms with van der Waals surface area (Å²) in [7, 11) is 0. The molecule has 132 valence electrons. The molecular weight excluding hydrogens is 340 g/mol. The monoisotopic (exact) mass is 358 g/mol. The van der Waals surface area contributed by atoms with Gasteiger partial charge in [-0.1, -0.05) is 97.1 Å². The highest BCUT2D eigenvalue weighted by Gasteiger charge is 2.31. The third-order valence-electron chi connectivity index (χ3n) is 6.16. The van der Waals surface area contributed by atoms with Gasteiger partial charge in [-0.2, -0.15) is 0 Å². The van der Waals surface area contributed by atoms with E-state index < -0.39 is 0 Å². The molecule has 0 fully saturated rings. The molecular formula is C27H18O. The van der Waals surface area contributed by atoms with Crippen molar-refractivity contribution in [2.45, 2.75) is 11.8 Å². The predicted octanol–water partition coefficient (Wildman–Crippen LogP) is 6.48. The van der Waals surface area contributed by atoms with Crippen molar-refractivity contribution in [3.05, 3.63) is 107 Å². The second kappa shape index (κ2) is 5.77. The standard InChI is InChI=1S/C27H18O/c28-27(23-15-13-19-7-1-5-17-9-3-11-21(23)25(17)19)24-16-14-20-8-2-6-18-10-4-12-22(24)26(18)20/h1-16,23-24H. The van der Waals surface area contributed by atoms with Crippen LogP contribution >= 0.6 is 0 Å². The minimum absolute atomic E-state index is 0.214. The molecule has 28 heavy (non-hydrogen) atoms. The molecule has 0 bridgehead atoms. The van der Waals surface area contributed by atoms with Gasteiger partial charge in [0.15, 0.2) is 5.78 Å². The fraction of sp³-hybridized carbons (Fsp3) is 0.0741. The minimum atomic E-state index is -0.214. The summed E-state index contributed by atoms with van der Waals surface area (Å²) in [5.41, 5.74) is 4.65. The van der Waals surface area contributed by atoms with E-state index in [9.17, 15) is 4.79 Å². The number of rotatable bonds is 2. The highest BCUT2D eigenvalue weighted by Crippen LogP contribution is 2.41. The third-order valence-corrected chi connectivity index (χ3v) is 6.16. The molecule has 2 atom stereocenters. The number of hydrogen-bond acceptors (Lipinski definition) is 1. The summed E-state index contributed by atoms with van der Waals surface area (Å²) in [6.45, 7) is 0. The van der Waals surface area contributed by atoms with E-state index in [-0.39, 0.29) is 17.6 Å². The summed E-state index contributed by atoms with van der Waals surface area (Å²) >= 11 is 0. The molecule has 2 aliphatic carbocycles. The van der Waals surface area contributed by atoms with Gasteiger partial charge in [-0.15, -0.1) is 0 Å². The molecule has 2 aliphatic rings. The van der Waals surface area contributed by atoms with Crippen molar-refractivity contribution in [1.82, 2.24) is 0 Å². The fourth-order valence-electron chi connectivity index (χ4n) is 4.89. The van der Waals surface area contributed by atoms with Crippen molar-refractivity contribution >= 4 is 39.5 Å². The average Bonchev–Trinajstić information content (AvgIpc) is 2.75. The molecule has 1 heteroatoms. The zero-order valence-electron chi connectivity index (χ0n) is 15.3. The Kier molecular flexibility index (Phi) is 3.21. The van der Waals surface area contributed by atoms with Crippen LogP contribution in [0.1, 0.15) is 34.1 Å². The average molecular weight is 358 g/mol. The first kappa shape index (κ1) is 15.6. The lowest BCUT2D eigenvalue weighted by atomic mass is 9.76. The molecule has 1 nitrogen and oxygen atoms in total. The van der Waals surface area contributed by atoms with Crippen molar-refractivity contribution in [2.24, 2.45) is 0 Å². The quantitative estimate of drug-likeness (QED) is 0.401. The van der Waals surface area contributed by atoms with Crippen molar-refractivity contribution in [3.8, 4) is 0 Å². The molecule has 0 N–H and O–H groups in total. The van der Waals surface area contributed by atoms with Gasteiger partial charge in [-0.25, -0.2) is 0 Å². The molecule has 2 unspecified atom stereocenters. The Bertz CT molecular complexity index is 1230. The number of Topliss-reactive ketones (excluding diaryl/α,β-unsaturated/α-hetero) is 1. The van der Waals surface area contributed by atoms with Crippen LogP contribution in [0.2, 0.25) is 0 Å². The number of benzene rings is 4. The molecule has 0 saturated heterocycles. The number of allylic oxidation sites excluding steroid dienone is 2. The molecule has 0 radical (unpaired) electrons. The third kappa shape index (κ3) is 2.10. The van der Waals surface area contributed by atoms with Gasteiger partial charge in [0, 0.05) is 0 Å². The lowest BCUT2D eigenvalue weighted by Crippen LogP contribution is -2.21. The van der Waals surface area contributed by atoms with E-state index in [0.29, 0.717) is 0 Å². The number of carbonyl (C=O) groups excluding carboxylic acids is 1. The molecule has 4 aromatic carbocycles. The summed E-state index contributed by atoms with van der Waals surface area (Å²) in [5, 5.41) is 4.82. The Labute approximate surface area is 163 Å². The highest BCUT2D eigenvalue weighted by atomic mass is 16.1. The number of hydrogen-bond donors (Lipinski definition) is 0. The molecule has 0 amide bonds. The first-order valence-electron chi connectivity index (χ1n) is 9.75. The maximum atomic E-state index is 13.7. The van der Waals surface area contributed by atoms with E-state index in [1.165, 1.54) is 32.7 Å². The van der Waals surface area contributed by atoms with Crippen LogP contribution < -0.4 is 0 Å². The lowest BCUT2D eigenvalue weighted by Gasteiger charge is -2.26. The first-order valence-corrected chi connectivity index (χ1v) is 9.75. The number of carbonyl (C=O) groups is 1. The zero-order valence-corrected chi connectivity index (χ0v) is 15.3. The van der Waals surface area contributed by atoms with E-state index in [4.69, 9.17) is 0 Å². The fourth-order valence-corrected chi connectivity index (χ4v) is 4.89. The van der Waals surface area contributed by atoms with E-state index >= 15 is 0 Å². The minimum Gasteiger partial charge on any atom is -0.298 e. The van der Waals surface area contributed by atoms with Crippen molar-refractivity contribution in [3.63, 3.8) is 0 Å².